The van der Waals surface area contributed by atoms with E-state index in [2.05, 4.69) is 0 Å². The second kappa shape index (κ2) is 6.58. The van der Waals surface area contributed by atoms with Crippen molar-refractivity contribution < 1.29 is 24.2 Å². The Bertz CT molecular complexity index is 671. The number of nitrogens with two attached hydrogens (primary N) is 1. The summed E-state index contributed by atoms with van der Waals surface area (Å²) in [6.07, 6.45) is 0. The van der Waals surface area contributed by atoms with Crippen LogP contribution in [0.25, 0.3) is 10.8 Å². The van der Waals surface area contributed by atoms with E-state index in [0.717, 1.165) is 5.39 Å². The molecule has 21 heavy (non-hydrogen) atoms. The van der Waals surface area contributed by atoms with E-state index in [1.54, 1.807) is 30.3 Å². The summed E-state index contributed by atoms with van der Waals surface area (Å²) in [6.45, 7) is -0.639. The lowest BCUT2D eigenvalue weighted by atomic mass is 10.1. The highest BCUT2D eigenvalue weighted by atomic mass is 16.5. The molecule has 0 aliphatic heterocycles. The van der Waals surface area contributed by atoms with Gasteiger partial charge in [-0.25, -0.2) is 10.6 Å². The minimum Gasteiger partial charge on any atom is -0.483 e. The topological polar surface area (TPSA) is 111 Å². The predicted octanol–water partition coefficient (Wildman–Crippen LogP) is 0.672. The van der Waals surface area contributed by atoms with Crippen molar-refractivity contribution in [2.24, 2.45) is 5.84 Å². The third-order valence-corrected chi connectivity index (χ3v) is 2.70. The first kappa shape index (κ1) is 14.6. The van der Waals surface area contributed by atoms with Crippen LogP contribution < -0.4 is 20.7 Å². The van der Waals surface area contributed by atoms with E-state index in [1.807, 2.05) is 11.5 Å². The summed E-state index contributed by atoms with van der Waals surface area (Å²) in [5.41, 5.74) is 1.97. The molecule has 0 heterocycles. The molecular formula is C14H14N2O5. The zero-order valence-corrected chi connectivity index (χ0v) is 11.0. The molecule has 0 unspecified atom stereocenters. The highest BCUT2D eigenvalue weighted by molar-refractivity contribution is 5.90. The van der Waals surface area contributed by atoms with Crippen LogP contribution in [0.15, 0.2) is 36.4 Å². The van der Waals surface area contributed by atoms with Gasteiger partial charge in [0.1, 0.15) is 11.5 Å². The zero-order valence-electron chi connectivity index (χ0n) is 11.0. The highest BCUT2D eigenvalue weighted by Gasteiger charge is 2.07. The fourth-order valence-electron chi connectivity index (χ4n) is 1.77. The smallest absolute Gasteiger partial charge is 0.341 e. The van der Waals surface area contributed by atoms with Crippen LogP contribution in [-0.2, 0) is 9.59 Å². The molecule has 0 saturated heterocycles. The van der Waals surface area contributed by atoms with Gasteiger partial charge >= 0.3 is 5.97 Å². The largest absolute Gasteiger partial charge is 0.483 e. The van der Waals surface area contributed by atoms with Gasteiger partial charge in [0.15, 0.2) is 13.2 Å². The van der Waals surface area contributed by atoms with E-state index in [1.165, 1.54) is 0 Å². The van der Waals surface area contributed by atoms with Crippen LogP contribution in [-0.4, -0.2) is 30.2 Å². The van der Waals surface area contributed by atoms with Gasteiger partial charge in [-0.1, -0.05) is 18.2 Å². The van der Waals surface area contributed by atoms with Gasteiger partial charge in [-0.3, -0.25) is 10.2 Å². The number of fused-ring (bicyclic) bond motifs is 1. The van der Waals surface area contributed by atoms with Crippen molar-refractivity contribution in [3.8, 4) is 11.5 Å². The van der Waals surface area contributed by atoms with Crippen LogP contribution >= 0.6 is 0 Å². The molecule has 7 heteroatoms. The number of hydrazine groups is 1. The second-order valence-electron chi connectivity index (χ2n) is 4.18. The van der Waals surface area contributed by atoms with E-state index < -0.39 is 18.5 Å². The Labute approximate surface area is 120 Å². The quantitative estimate of drug-likeness (QED) is 0.410. The number of benzene rings is 2. The second-order valence-corrected chi connectivity index (χ2v) is 4.18. The molecule has 2 aromatic carbocycles. The molecule has 2 rings (SSSR count). The van der Waals surface area contributed by atoms with E-state index >= 15 is 0 Å². The van der Waals surface area contributed by atoms with Gasteiger partial charge in [0, 0.05) is 5.39 Å². The molecule has 0 atom stereocenters. The number of amides is 1. The van der Waals surface area contributed by atoms with E-state index in [-0.39, 0.29) is 6.61 Å². The molecule has 0 bridgehead atoms. The van der Waals surface area contributed by atoms with Gasteiger partial charge < -0.3 is 14.6 Å². The monoisotopic (exact) mass is 290 g/mol. The molecule has 0 fully saturated rings. The van der Waals surface area contributed by atoms with Crippen molar-refractivity contribution in [2.75, 3.05) is 13.2 Å². The van der Waals surface area contributed by atoms with Gasteiger partial charge in [0.05, 0.1) is 0 Å². The standard InChI is InChI=1S/C14H14N2O5/c15-16-13(17)7-21-12-3-1-2-9-4-5-10(6-11(9)12)20-8-14(18)19/h1-6H,7-8,15H2,(H,16,17)(H,18,19). The van der Waals surface area contributed by atoms with Crippen molar-refractivity contribution in [2.45, 2.75) is 0 Å². The Kier molecular flexibility index (Phi) is 4.57. The lowest BCUT2D eigenvalue weighted by Crippen LogP contribution is -2.34. The van der Waals surface area contributed by atoms with Crippen LogP contribution in [0.2, 0.25) is 0 Å². The number of rotatable bonds is 6. The number of ether oxygens (including phenoxy) is 2. The SMILES string of the molecule is NNC(=O)COc1cccc2ccc(OCC(=O)O)cc12. The Balaban J connectivity index is 2.25. The Morgan fingerprint density at radius 1 is 1.14 bits per heavy atom. The van der Waals surface area contributed by atoms with Gasteiger partial charge in [0.25, 0.3) is 5.91 Å². The first-order valence-electron chi connectivity index (χ1n) is 6.10. The normalized spacial score (nSPS) is 10.1. The summed E-state index contributed by atoms with van der Waals surface area (Å²) >= 11 is 0. The minimum absolute atomic E-state index is 0.212. The van der Waals surface area contributed by atoms with Crippen molar-refractivity contribution in [1.82, 2.24) is 5.43 Å². The van der Waals surface area contributed by atoms with E-state index in [0.29, 0.717) is 16.9 Å². The number of aliphatic carboxylic acids is 1. The molecule has 0 aliphatic rings. The van der Waals surface area contributed by atoms with Crippen LogP contribution in [0.5, 0.6) is 11.5 Å². The number of carbonyl (C=O) groups excluding carboxylic acids is 1. The van der Waals surface area contributed by atoms with Crippen LogP contribution in [0.1, 0.15) is 0 Å². The van der Waals surface area contributed by atoms with E-state index in [9.17, 15) is 9.59 Å². The summed E-state index contributed by atoms with van der Waals surface area (Å²) in [6, 6.07) is 10.5. The lowest BCUT2D eigenvalue weighted by molar-refractivity contribution is -0.139. The summed E-state index contributed by atoms with van der Waals surface area (Å²) in [7, 11) is 0. The van der Waals surface area contributed by atoms with Crippen molar-refractivity contribution >= 4 is 22.6 Å². The molecule has 0 aromatic heterocycles. The molecule has 7 nitrogen and oxygen atoms in total. The molecule has 0 radical (unpaired) electrons. The fourth-order valence-corrected chi connectivity index (χ4v) is 1.77. The number of carboxylic acid groups (broad SMARTS) is 1. The molecule has 2 aromatic rings. The Morgan fingerprint density at radius 3 is 2.67 bits per heavy atom. The van der Waals surface area contributed by atoms with E-state index in [4.69, 9.17) is 20.4 Å². The Morgan fingerprint density at radius 2 is 1.95 bits per heavy atom. The van der Waals surface area contributed by atoms with Gasteiger partial charge in [-0.2, -0.15) is 0 Å². The third-order valence-electron chi connectivity index (χ3n) is 2.70. The minimum atomic E-state index is -1.06. The van der Waals surface area contributed by atoms with Crippen LogP contribution in [0.4, 0.5) is 0 Å². The van der Waals surface area contributed by atoms with Crippen molar-refractivity contribution in [3.63, 3.8) is 0 Å². The summed E-state index contributed by atoms with van der Waals surface area (Å²) in [5, 5.41) is 10.2. The first-order chi connectivity index (χ1) is 10.1. The third kappa shape index (κ3) is 3.83. The molecule has 0 aliphatic carbocycles. The van der Waals surface area contributed by atoms with Crippen LogP contribution in [0.3, 0.4) is 0 Å². The molecular weight excluding hydrogens is 276 g/mol. The summed E-state index contributed by atoms with van der Waals surface area (Å²) in [5.74, 6) is 4.37. The highest BCUT2D eigenvalue weighted by Crippen LogP contribution is 2.29. The number of nitrogens with one attached hydrogen (secondary N) is 1. The van der Waals surface area contributed by atoms with Crippen molar-refractivity contribution in [1.29, 1.82) is 0 Å². The van der Waals surface area contributed by atoms with Gasteiger partial charge in [0.2, 0.25) is 0 Å². The maximum Gasteiger partial charge on any atom is 0.341 e. The number of hydrogen-bond donors (Lipinski definition) is 3. The lowest BCUT2D eigenvalue weighted by Gasteiger charge is -2.10. The zero-order chi connectivity index (χ0) is 15.2. The Hall–Kier alpha value is -2.80. The van der Waals surface area contributed by atoms with Crippen molar-refractivity contribution in [3.05, 3.63) is 36.4 Å². The number of carbonyl (C=O) groups is 2. The average Bonchev–Trinajstić information content (AvgIpc) is 2.50. The summed E-state index contributed by atoms with van der Waals surface area (Å²) < 4.78 is 10.5. The van der Waals surface area contributed by atoms with Gasteiger partial charge in [-0.15, -0.1) is 0 Å². The van der Waals surface area contributed by atoms with Gasteiger partial charge in [-0.05, 0) is 23.6 Å². The first-order valence-corrected chi connectivity index (χ1v) is 6.10. The number of hydrogen-bond acceptors (Lipinski definition) is 5. The molecule has 0 spiro atoms. The summed E-state index contributed by atoms with van der Waals surface area (Å²) in [4.78, 5) is 21.6. The van der Waals surface area contributed by atoms with Crippen LogP contribution in [0, 0.1) is 0 Å². The maximum atomic E-state index is 11.1. The molecule has 1 amide bonds. The molecule has 0 saturated carbocycles. The number of carboxylic acids is 1. The maximum absolute atomic E-state index is 11.1. The fraction of sp³-hybridized carbons (Fsp3) is 0.143. The molecule has 4 N–H and O–H groups in total. The predicted molar refractivity (Wildman–Crippen MR) is 74.9 cm³/mol. The average molecular weight is 290 g/mol. The molecule has 110 valence electrons.